The summed E-state index contributed by atoms with van der Waals surface area (Å²) in [7, 11) is 0. The summed E-state index contributed by atoms with van der Waals surface area (Å²) in [6.07, 6.45) is 4.80. The van der Waals surface area contributed by atoms with Gasteiger partial charge in [-0.25, -0.2) is 0 Å². The first-order chi connectivity index (χ1) is 13.5. The Bertz CT molecular complexity index is 752. The highest BCUT2D eigenvalue weighted by Gasteiger charge is 2.21. The molecule has 0 spiro atoms. The summed E-state index contributed by atoms with van der Waals surface area (Å²) in [5.41, 5.74) is 1.60. The van der Waals surface area contributed by atoms with Crippen molar-refractivity contribution in [1.82, 2.24) is 10.2 Å². The van der Waals surface area contributed by atoms with Crippen LogP contribution in [-0.2, 0) is 11.3 Å². The van der Waals surface area contributed by atoms with E-state index in [1.54, 1.807) is 17.9 Å². The first-order valence-electron chi connectivity index (χ1n) is 10.2. The standard InChI is InChI=1S/C23H32N2O3/c1-4-5-6-10-14-24-22(26)13-15-25(17-20-11-8-7-9-12-20)23(27)21-16-18(2)28-19(21)3/h7-9,11-12,16H,4-6,10,13-15,17H2,1-3H3,(H,24,26). The van der Waals surface area contributed by atoms with E-state index in [2.05, 4.69) is 12.2 Å². The van der Waals surface area contributed by atoms with Gasteiger partial charge in [0.1, 0.15) is 11.5 Å². The minimum atomic E-state index is -0.103. The number of unbranched alkanes of at least 4 members (excludes halogenated alkanes) is 3. The number of carbonyl (C=O) groups is 2. The number of rotatable bonds is 11. The number of nitrogens with one attached hydrogen (secondary N) is 1. The summed E-state index contributed by atoms with van der Waals surface area (Å²) < 4.78 is 5.52. The number of furan rings is 1. The molecule has 1 N–H and O–H groups in total. The van der Waals surface area contributed by atoms with Crippen LogP contribution in [0.5, 0.6) is 0 Å². The first-order valence-corrected chi connectivity index (χ1v) is 10.2. The molecule has 0 saturated carbocycles. The normalized spacial score (nSPS) is 10.7. The Labute approximate surface area is 168 Å². The van der Waals surface area contributed by atoms with E-state index in [1.165, 1.54) is 12.8 Å². The topological polar surface area (TPSA) is 62.6 Å². The van der Waals surface area contributed by atoms with E-state index in [4.69, 9.17) is 4.42 Å². The quantitative estimate of drug-likeness (QED) is 0.575. The molecular weight excluding hydrogens is 352 g/mol. The van der Waals surface area contributed by atoms with E-state index in [1.807, 2.05) is 37.3 Å². The van der Waals surface area contributed by atoms with Crippen LogP contribution in [-0.4, -0.2) is 29.8 Å². The van der Waals surface area contributed by atoms with E-state index in [0.29, 0.717) is 43.1 Å². The van der Waals surface area contributed by atoms with Gasteiger partial charge in [-0.15, -0.1) is 0 Å². The second kappa shape index (κ2) is 11.3. The van der Waals surface area contributed by atoms with Gasteiger partial charge in [0.15, 0.2) is 0 Å². The van der Waals surface area contributed by atoms with Crippen LogP contribution in [0.3, 0.4) is 0 Å². The maximum absolute atomic E-state index is 13.1. The fourth-order valence-corrected chi connectivity index (χ4v) is 3.17. The minimum Gasteiger partial charge on any atom is -0.466 e. The molecule has 152 valence electrons. The van der Waals surface area contributed by atoms with Crippen LogP contribution >= 0.6 is 0 Å². The van der Waals surface area contributed by atoms with Crippen molar-refractivity contribution in [2.24, 2.45) is 0 Å². The number of benzene rings is 1. The summed E-state index contributed by atoms with van der Waals surface area (Å²) in [6.45, 7) is 7.33. The number of hydrogen-bond acceptors (Lipinski definition) is 3. The molecule has 0 aliphatic carbocycles. The highest BCUT2D eigenvalue weighted by atomic mass is 16.3. The lowest BCUT2D eigenvalue weighted by Gasteiger charge is -2.22. The summed E-state index contributed by atoms with van der Waals surface area (Å²) in [5, 5.41) is 2.96. The van der Waals surface area contributed by atoms with E-state index in [0.717, 1.165) is 18.4 Å². The molecule has 0 aliphatic rings. The fourth-order valence-electron chi connectivity index (χ4n) is 3.17. The molecule has 0 unspecified atom stereocenters. The Kier molecular flexibility index (Phi) is 8.79. The monoisotopic (exact) mass is 384 g/mol. The lowest BCUT2D eigenvalue weighted by molar-refractivity contribution is -0.121. The summed E-state index contributed by atoms with van der Waals surface area (Å²) in [6, 6.07) is 11.6. The fraction of sp³-hybridized carbons (Fsp3) is 0.478. The molecule has 0 radical (unpaired) electrons. The van der Waals surface area contributed by atoms with Crippen molar-refractivity contribution in [1.29, 1.82) is 0 Å². The van der Waals surface area contributed by atoms with Crippen LogP contribution in [0.15, 0.2) is 40.8 Å². The minimum absolute atomic E-state index is 0.0116. The van der Waals surface area contributed by atoms with Crippen molar-refractivity contribution in [2.75, 3.05) is 13.1 Å². The van der Waals surface area contributed by atoms with E-state index in [9.17, 15) is 9.59 Å². The largest absolute Gasteiger partial charge is 0.466 e. The summed E-state index contributed by atoms with van der Waals surface area (Å²) in [4.78, 5) is 27.0. The lowest BCUT2D eigenvalue weighted by Crippen LogP contribution is -2.35. The second-order valence-electron chi connectivity index (χ2n) is 7.20. The van der Waals surface area contributed by atoms with Gasteiger partial charge < -0.3 is 14.6 Å². The Morgan fingerprint density at radius 1 is 1.07 bits per heavy atom. The Morgan fingerprint density at radius 2 is 1.82 bits per heavy atom. The molecule has 0 aliphatic heterocycles. The third-order valence-electron chi connectivity index (χ3n) is 4.74. The third-order valence-corrected chi connectivity index (χ3v) is 4.74. The molecule has 5 nitrogen and oxygen atoms in total. The molecule has 28 heavy (non-hydrogen) atoms. The van der Waals surface area contributed by atoms with E-state index in [-0.39, 0.29) is 11.8 Å². The van der Waals surface area contributed by atoms with Crippen LogP contribution in [0.2, 0.25) is 0 Å². The van der Waals surface area contributed by atoms with E-state index < -0.39 is 0 Å². The van der Waals surface area contributed by atoms with Crippen molar-refractivity contribution >= 4 is 11.8 Å². The van der Waals surface area contributed by atoms with Crippen LogP contribution < -0.4 is 5.32 Å². The molecule has 5 heteroatoms. The first kappa shape index (κ1) is 21.7. The molecule has 1 aromatic carbocycles. The maximum atomic E-state index is 13.1. The predicted molar refractivity (Wildman–Crippen MR) is 111 cm³/mol. The molecule has 2 rings (SSSR count). The Morgan fingerprint density at radius 3 is 2.46 bits per heavy atom. The lowest BCUT2D eigenvalue weighted by atomic mass is 10.1. The second-order valence-corrected chi connectivity index (χ2v) is 7.20. The smallest absolute Gasteiger partial charge is 0.257 e. The average molecular weight is 385 g/mol. The number of amides is 2. The molecule has 1 heterocycles. The molecule has 0 bridgehead atoms. The summed E-state index contributed by atoms with van der Waals surface area (Å²) in [5.74, 6) is 1.21. The molecule has 2 aromatic rings. The van der Waals surface area contributed by atoms with Gasteiger partial charge in [0, 0.05) is 26.1 Å². The van der Waals surface area contributed by atoms with Gasteiger partial charge in [0.25, 0.3) is 5.91 Å². The SMILES string of the molecule is CCCCCCNC(=O)CCN(Cc1ccccc1)C(=O)c1cc(C)oc1C. The Hall–Kier alpha value is -2.56. The number of nitrogens with zero attached hydrogens (tertiary/aromatic N) is 1. The molecular formula is C23H32N2O3. The van der Waals surface area contributed by atoms with Gasteiger partial charge in [-0.1, -0.05) is 56.5 Å². The van der Waals surface area contributed by atoms with Gasteiger partial charge >= 0.3 is 0 Å². The molecule has 0 saturated heterocycles. The van der Waals surface area contributed by atoms with Gasteiger partial charge in [-0.2, -0.15) is 0 Å². The zero-order valence-electron chi connectivity index (χ0n) is 17.3. The third kappa shape index (κ3) is 6.87. The summed E-state index contributed by atoms with van der Waals surface area (Å²) >= 11 is 0. The van der Waals surface area contributed by atoms with Gasteiger partial charge in [-0.05, 0) is 31.9 Å². The van der Waals surface area contributed by atoms with Gasteiger partial charge in [0.05, 0.1) is 5.56 Å². The maximum Gasteiger partial charge on any atom is 0.257 e. The molecule has 2 amide bonds. The zero-order chi connectivity index (χ0) is 20.4. The predicted octanol–water partition coefficient (Wildman–Crippen LogP) is 4.63. The van der Waals surface area contributed by atoms with Crippen molar-refractivity contribution in [2.45, 2.75) is 59.4 Å². The van der Waals surface area contributed by atoms with Crippen molar-refractivity contribution < 1.29 is 14.0 Å². The number of aryl methyl sites for hydroxylation is 2. The number of carbonyl (C=O) groups excluding carboxylic acids is 2. The van der Waals surface area contributed by atoms with Crippen molar-refractivity contribution in [3.63, 3.8) is 0 Å². The number of hydrogen-bond donors (Lipinski definition) is 1. The van der Waals surface area contributed by atoms with Gasteiger partial charge in [0.2, 0.25) is 5.91 Å². The highest BCUT2D eigenvalue weighted by Crippen LogP contribution is 2.18. The Balaban J connectivity index is 1.97. The van der Waals surface area contributed by atoms with Crippen LogP contribution in [0, 0.1) is 13.8 Å². The van der Waals surface area contributed by atoms with Gasteiger partial charge in [-0.3, -0.25) is 9.59 Å². The van der Waals surface area contributed by atoms with Crippen molar-refractivity contribution in [3.05, 3.63) is 59.0 Å². The average Bonchev–Trinajstić information content (AvgIpc) is 3.03. The molecule has 0 fully saturated rings. The molecule has 0 atom stereocenters. The van der Waals surface area contributed by atoms with Crippen LogP contribution in [0.1, 0.15) is 66.5 Å². The van der Waals surface area contributed by atoms with Crippen LogP contribution in [0.25, 0.3) is 0 Å². The van der Waals surface area contributed by atoms with Crippen LogP contribution in [0.4, 0.5) is 0 Å². The zero-order valence-corrected chi connectivity index (χ0v) is 17.3. The van der Waals surface area contributed by atoms with Crippen molar-refractivity contribution in [3.8, 4) is 0 Å². The molecule has 1 aromatic heterocycles. The van der Waals surface area contributed by atoms with E-state index >= 15 is 0 Å². The highest BCUT2D eigenvalue weighted by molar-refractivity contribution is 5.95.